The van der Waals surface area contributed by atoms with E-state index in [0.717, 1.165) is 43.2 Å². The Morgan fingerprint density at radius 2 is 1.59 bits per heavy atom. The summed E-state index contributed by atoms with van der Waals surface area (Å²) in [4.78, 5) is 9.14. The molecule has 11 nitrogen and oxygen atoms in total. The second-order valence-electron chi connectivity index (χ2n) is 10.4. The first-order valence-electron chi connectivity index (χ1n) is 13.8. The minimum Gasteiger partial charge on any atom is -0.492 e. The number of nitrogens with zero attached hydrogens (tertiary/aromatic N) is 2. The summed E-state index contributed by atoms with van der Waals surface area (Å²) in [5, 5.41) is 12.9. The zero-order chi connectivity index (χ0) is 29.7. The van der Waals surface area contributed by atoms with Gasteiger partial charge >= 0.3 is 0 Å². The van der Waals surface area contributed by atoms with E-state index in [1.165, 1.54) is 0 Å². The molecule has 0 atom stereocenters. The maximum Gasteiger partial charge on any atom is 0.241 e. The quantitative estimate of drug-likeness (QED) is 0.148. The summed E-state index contributed by atoms with van der Waals surface area (Å²) >= 11 is 0. The van der Waals surface area contributed by atoms with Gasteiger partial charge in [-0.2, -0.15) is 4.98 Å². The molecule has 0 aliphatic heterocycles. The van der Waals surface area contributed by atoms with Crippen LogP contribution in [0.25, 0.3) is 0 Å². The molecule has 0 saturated carbocycles. The van der Waals surface area contributed by atoms with Crippen molar-refractivity contribution in [1.82, 2.24) is 25.3 Å². The number of likely N-dealkylation sites (N-methyl/N-ethyl adjacent to an activating group) is 1. The third kappa shape index (κ3) is 11.6. The molecular formula is C29H43N7O4S. The summed E-state index contributed by atoms with van der Waals surface area (Å²) in [5.74, 6) is 1.74. The van der Waals surface area contributed by atoms with Crippen molar-refractivity contribution < 1.29 is 17.9 Å². The average molecular weight is 586 g/mol. The van der Waals surface area contributed by atoms with Crippen LogP contribution in [0.15, 0.2) is 59.6 Å². The normalized spacial score (nSPS) is 11.8. The van der Waals surface area contributed by atoms with Crippen LogP contribution in [0.3, 0.4) is 0 Å². The molecule has 0 saturated heterocycles. The van der Waals surface area contributed by atoms with Crippen LogP contribution in [0, 0.1) is 6.92 Å². The molecule has 0 aliphatic rings. The molecule has 0 radical (unpaired) electrons. The standard InChI is InChI=1S/C29H43N7O4S/c1-6-30-14-17-39-18-15-31-16-19-40-25-12-10-23(11-13-25)34-28-32-21-22(2)27(35-28)33-24-8-7-9-26(20-24)41(37,38)36-29(3,4)5/h7-13,20-21,30-31,36H,6,14-19H2,1-5H3,(H2,32,33,34,35). The van der Waals surface area contributed by atoms with Crippen molar-refractivity contribution in [3.8, 4) is 5.75 Å². The highest BCUT2D eigenvalue weighted by atomic mass is 32.2. The molecule has 0 bridgehead atoms. The van der Waals surface area contributed by atoms with Crippen LogP contribution in [0.4, 0.5) is 23.1 Å². The topological polar surface area (TPSA) is 139 Å². The first kappa shape index (κ1) is 32.2. The van der Waals surface area contributed by atoms with Gasteiger partial charge in [0.15, 0.2) is 0 Å². The smallest absolute Gasteiger partial charge is 0.241 e. The minimum atomic E-state index is -3.67. The van der Waals surface area contributed by atoms with E-state index in [1.54, 1.807) is 51.2 Å². The van der Waals surface area contributed by atoms with Gasteiger partial charge in [-0.05, 0) is 76.7 Å². The van der Waals surface area contributed by atoms with Gasteiger partial charge in [0.25, 0.3) is 0 Å². The maximum atomic E-state index is 12.8. The van der Waals surface area contributed by atoms with Gasteiger partial charge in [-0.25, -0.2) is 18.1 Å². The average Bonchev–Trinajstić information content (AvgIpc) is 2.91. The highest BCUT2D eigenvalue weighted by Gasteiger charge is 2.22. The van der Waals surface area contributed by atoms with Crippen molar-refractivity contribution in [1.29, 1.82) is 0 Å². The Balaban J connectivity index is 1.50. The highest BCUT2D eigenvalue weighted by molar-refractivity contribution is 7.89. The molecular weight excluding hydrogens is 542 g/mol. The first-order chi connectivity index (χ1) is 19.6. The van der Waals surface area contributed by atoms with Crippen LogP contribution >= 0.6 is 0 Å². The Hall–Kier alpha value is -3.29. The summed E-state index contributed by atoms with van der Waals surface area (Å²) in [5.41, 5.74) is 1.63. The molecule has 3 aromatic rings. The van der Waals surface area contributed by atoms with Crippen LogP contribution in [0.1, 0.15) is 33.3 Å². The number of rotatable bonds is 17. The molecule has 5 N–H and O–H groups in total. The summed E-state index contributed by atoms with van der Waals surface area (Å²) in [7, 11) is -3.67. The molecule has 1 heterocycles. The SMILES string of the molecule is CCNCCOCCNCCOc1ccc(Nc2ncc(C)c(Nc3cccc(S(=O)(=O)NC(C)(C)C)c3)n2)cc1. The summed E-state index contributed by atoms with van der Waals surface area (Å²) in [6.45, 7) is 14.6. The number of anilines is 4. The van der Waals surface area contributed by atoms with Gasteiger partial charge in [-0.1, -0.05) is 13.0 Å². The monoisotopic (exact) mass is 585 g/mol. The lowest BCUT2D eigenvalue weighted by Crippen LogP contribution is -2.40. The molecule has 0 spiro atoms. The number of hydrogen-bond acceptors (Lipinski definition) is 10. The third-order valence-electron chi connectivity index (χ3n) is 5.57. The fraction of sp³-hybridized carbons (Fsp3) is 0.448. The van der Waals surface area contributed by atoms with E-state index in [-0.39, 0.29) is 4.90 Å². The van der Waals surface area contributed by atoms with Crippen molar-refractivity contribution in [3.63, 3.8) is 0 Å². The Labute approximate surface area is 243 Å². The van der Waals surface area contributed by atoms with Gasteiger partial charge < -0.3 is 30.7 Å². The predicted octanol–water partition coefficient (Wildman–Crippen LogP) is 3.94. The number of sulfonamides is 1. The van der Waals surface area contributed by atoms with Crippen LogP contribution in [-0.4, -0.2) is 69.9 Å². The largest absolute Gasteiger partial charge is 0.492 e. The zero-order valence-electron chi connectivity index (χ0n) is 24.6. The van der Waals surface area contributed by atoms with E-state index in [9.17, 15) is 8.42 Å². The van der Waals surface area contributed by atoms with Crippen molar-refractivity contribution in [3.05, 3.63) is 60.3 Å². The molecule has 3 rings (SSSR count). The van der Waals surface area contributed by atoms with E-state index in [1.807, 2.05) is 31.2 Å². The molecule has 41 heavy (non-hydrogen) atoms. The number of nitrogens with one attached hydrogen (secondary N) is 5. The van der Waals surface area contributed by atoms with Crippen molar-refractivity contribution >= 4 is 33.2 Å². The second-order valence-corrected chi connectivity index (χ2v) is 12.1. The third-order valence-corrected chi connectivity index (χ3v) is 7.33. The van der Waals surface area contributed by atoms with E-state index >= 15 is 0 Å². The van der Waals surface area contributed by atoms with Crippen molar-refractivity contribution in [2.75, 3.05) is 56.6 Å². The maximum absolute atomic E-state index is 12.8. The molecule has 0 amide bonds. The van der Waals surface area contributed by atoms with Crippen LogP contribution in [0.2, 0.25) is 0 Å². The fourth-order valence-corrected chi connectivity index (χ4v) is 5.13. The number of hydrogen-bond donors (Lipinski definition) is 5. The Kier molecular flexibility index (Phi) is 12.3. The van der Waals surface area contributed by atoms with E-state index in [2.05, 4.69) is 42.9 Å². The van der Waals surface area contributed by atoms with Crippen molar-refractivity contribution in [2.24, 2.45) is 0 Å². The van der Waals surface area contributed by atoms with Gasteiger partial charge in [0, 0.05) is 48.3 Å². The molecule has 0 aliphatic carbocycles. The lowest BCUT2D eigenvalue weighted by Gasteiger charge is -2.20. The van der Waals surface area contributed by atoms with Gasteiger partial charge in [0.05, 0.1) is 18.1 Å². The fourth-order valence-electron chi connectivity index (χ4n) is 3.67. The highest BCUT2D eigenvalue weighted by Crippen LogP contribution is 2.24. The van der Waals surface area contributed by atoms with E-state index in [4.69, 9.17) is 9.47 Å². The van der Waals surface area contributed by atoms with Crippen LogP contribution in [0.5, 0.6) is 5.75 Å². The summed E-state index contributed by atoms with van der Waals surface area (Å²) < 4.78 is 39.5. The van der Waals surface area contributed by atoms with E-state index < -0.39 is 15.6 Å². The van der Waals surface area contributed by atoms with Gasteiger partial charge in [0.2, 0.25) is 16.0 Å². The van der Waals surface area contributed by atoms with Gasteiger partial charge in [-0.3, -0.25) is 0 Å². The van der Waals surface area contributed by atoms with Crippen LogP contribution in [-0.2, 0) is 14.8 Å². The lowest BCUT2D eigenvalue weighted by atomic mass is 10.1. The number of aromatic nitrogens is 2. The van der Waals surface area contributed by atoms with Gasteiger partial charge in [-0.15, -0.1) is 0 Å². The number of ether oxygens (including phenoxy) is 2. The summed E-state index contributed by atoms with van der Waals surface area (Å²) in [6, 6.07) is 14.2. The molecule has 0 unspecified atom stereocenters. The first-order valence-corrected chi connectivity index (χ1v) is 15.3. The second kappa shape index (κ2) is 15.6. The molecule has 0 fully saturated rings. The molecule has 2 aromatic carbocycles. The molecule has 224 valence electrons. The van der Waals surface area contributed by atoms with Gasteiger partial charge in [0.1, 0.15) is 18.2 Å². The molecule has 12 heteroatoms. The lowest BCUT2D eigenvalue weighted by molar-refractivity contribution is 0.137. The number of aryl methyl sites for hydroxylation is 1. The minimum absolute atomic E-state index is 0.171. The predicted molar refractivity (Wildman–Crippen MR) is 164 cm³/mol. The molecule has 1 aromatic heterocycles. The van der Waals surface area contributed by atoms with E-state index in [0.29, 0.717) is 37.3 Å². The Morgan fingerprint density at radius 1 is 0.878 bits per heavy atom. The van der Waals surface area contributed by atoms with Crippen molar-refractivity contribution in [2.45, 2.75) is 45.1 Å². The summed E-state index contributed by atoms with van der Waals surface area (Å²) in [6.07, 6.45) is 1.71. The van der Waals surface area contributed by atoms with Crippen LogP contribution < -0.4 is 30.7 Å². The zero-order valence-corrected chi connectivity index (χ0v) is 25.4. The Bertz CT molecular complexity index is 1330. The number of benzene rings is 2. The Morgan fingerprint density at radius 3 is 2.29 bits per heavy atom.